The number of hydrogen-bond donors (Lipinski definition) is 3. The SMILES string of the molecule is NCC1CCC(C(=O)NCC2CCCC2C(=O)O)O1. The van der Waals surface area contributed by atoms with Crippen molar-refractivity contribution in [3.05, 3.63) is 0 Å². The van der Waals surface area contributed by atoms with Crippen LogP contribution in [0.25, 0.3) is 0 Å². The topological polar surface area (TPSA) is 102 Å². The average molecular weight is 270 g/mol. The zero-order chi connectivity index (χ0) is 13.8. The van der Waals surface area contributed by atoms with Gasteiger partial charge in [-0.3, -0.25) is 9.59 Å². The number of carbonyl (C=O) groups is 2. The Bertz CT molecular complexity index is 348. The third-order valence-corrected chi connectivity index (χ3v) is 4.18. The molecule has 4 unspecified atom stereocenters. The minimum atomic E-state index is -0.753. The normalized spacial score (nSPS) is 34.4. The van der Waals surface area contributed by atoms with Crippen LogP contribution < -0.4 is 11.1 Å². The van der Waals surface area contributed by atoms with Crippen LogP contribution in [0.15, 0.2) is 0 Å². The molecule has 6 heteroatoms. The Labute approximate surface area is 112 Å². The number of ether oxygens (including phenoxy) is 1. The molecular weight excluding hydrogens is 248 g/mol. The van der Waals surface area contributed by atoms with Gasteiger partial charge in [0.1, 0.15) is 6.10 Å². The molecule has 4 atom stereocenters. The number of hydrogen-bond acceptors (Lipinski definition) is 4. The van der Waals surface area contributed by atoms with Gasteiger partial charge >= 0.3 is 5.97 Å². The summed E-state index contributed by atoms with van der Waals surface area (Å²) < 4.78 is 5.51. The van der Waals surface area contributed by atoms with Gasteiger partial charge in [0, 0.05) is 13.1 Å². The van der Waals surface area contributed by atoms with Crippen LogP contribution in [0.3, 0.4) is 0 Å². The van der Waals surface area contributed by atoms with Crippen LogP contribution >= 0.6 is 0 Å². The van der Waals surface area contributed by atoms with Crippen LogP contribution in [-0.2, 0) is 14.3 Å². The fraction of sp³-hybridized carbons (Fsp3) is 0.846. The number of carboxylic acid groups (broad SMARTS) is 1. The van der Waals surface area contributed by atoms with Crippen molar-refractivity contribution in [2.45, 2.75) is 44.3 Å². The van der Waals surface area contributed by atoms with Crippen LogP contribution in [-0.4, -0.2) is 42.3 Å². The van der Waals surface area contributed by atoms with Gasteiger partial charge < -0.3 is 20.9 Å². The number of aliphatic carboxylic acids is 1. The summed E-state index contributed by atoms with van der Waals surface area (Å²) in [5.74, 6) is -1.15. The third kappa shape index (κ3) is 3.45. The molecule has 0 radical (unpaired) electrons. The minimum absolute atomic E-state index is 0.0194. The van der Waals surface area contributed by atoms with Crippen molar-refractivity contribution in [1.82, 2.24) is 5.32 Å². The maximum absolute atomic E-state index is 11.9. The highest BCUT2D eigenvalue weighted by atomic mass is 16.5. The summed E-state index contributed by atoms with van der Waals surface area (Å²) in [4.78, 5) is 23.0. The molecule has 6 nitrogen and oxygen atoms in total. The van der Waals surface area contributed by atoms with E-state index in [9.17, 15) is 9.59 Å². The number of rotatable bonds is 5. The lowest BCUT2D eigenvalue weighted by Gasteiger charge is -2.18. The molecule has 1 amide bonds. The summed E-state index contributed by atoms with van der Waals surface area (Å²) in [6, 6.07) is 0. The van der Waals surface area contributed by atoms with E-state index in [-0.39, 0.29) is 23.8 Å². The molecule has 1 saturated heterocycles. The summed E-state index contributed by atoms with van der Waals surface area (Å²) in [5.41, 5.74) is 5.50. The zero-order valence-electron chi connectivity index (χ0n) is 11.0. The molecule has 2 rings (SSSR count). The Balaban J connectivity index is 1.76. The molecule has 0 bridgehead atoms. The molecule has 0 aromatic rings. The number of nitrogens with two attached hydrogens (primary N) is 1. The van der Waals surface area contributed by atoms with E-state index in [0.717, 1.165) is 19.3 Å². The highest BCUT2D eigenvalue weighted by Gasteiger charge is 2.34. The van der Waals surface area contributed by atoms with Crippen LogP contribution in [0.1, 0.15) is 32.1 Å². The standard InChI is InChI=1S/C13H22N2O4/c14-6-9-4-5-11(19-9)12(16)15-7-8-2-1-3-10(8)13(17)18/h8-11H,1-7,14H2,(H,15,16)(H,17,18). The van der Waals surface area contributed by atoms with Crippen molar-refractivity contribution in [2.24, 2.45) is 17.6 Å². The fourth-order valence-corrected chi connectivity index (χ4v) is 3.02. The van der Waals surface area contributed by atoms with Crippen molar-refractivity contribution in [1.29, 1.82) is 0 Å². The second-order valence-corrected chi connectivity index (χ2v) is 5.44. The van der Waals surface area contributed by atoms with Gasteiger partial charge in [0.05, 0.1) is 12.0 Å². The Morgan fingerprint density at radius 1 is 1.26 bits per heavy atom. The van der Waals surface area contributed by atoms with Crippen LogP contribution in [0.4, 0.5) is 0 Å². The summed E-state index contributed by atoms with van der Waals surface area (Å²) in [7, 11) is 0. The van der Waals surface area contributed by atoms with Gasteiger partial charge in [-0.05, 0) is 31.6 Å². The molecule has 1 aliphatic carbocycles. The molecule has 2 fully saturated rings. The molecule has 0 aromatic carbocycles. The molecule has 2 aliphatic rings. The van der Waals surface area contributed by atoms with E-state index in [0.29, 0.717) is 25.9 Å². The Hall–Kier alpha value is -1.14. The van der Waals surface area contributed by atoms with Gasteiger partial charge in [0.2, 0.25) is 5.91 Å². The van der Waals surface area contributed by atoms with Crippen LogP contribution in [0.5, 0.6) is 0 Å². The lowest BCUT2D eigenvalue weighted by atomic mass is 9.96. The van der Waals surface area contributed by atoms with Crippen LogP contribution in [0.2, 0.25) is 0 Å². The first-order valence-electron chi connectivity index (χ1n) is 6.98. The van der Waals surface area contributed by atoms with Gasteiger partial charge in [-0.15, -0.1) is 0 Å². The van der Waals surface area contributed by atoms with Gasteiger partial charge in [-0.2, -0.15) is 0 Å². The molecule has 0 aromatic heterocycles. The Morgan fingerprint density at radius 3 is 2.68 bits per heavy atom. The summed E-state index contributed by atoms with van der Waals surface area (Å²) in [6.07, 6.45) is 3.58. The minimum Gasteiger partial charge on any atom is -0.481 e. The van der Waals surface area contributed by atoms with E-state index in [1.807, 2.05) is 0 Å². The third-order valence-electron chi connectivity index (χ3n) is 4.18. The lowest BCUT2D eigenvalue weighted by molar-refractivity contribution is -0.143. The fourth-order valence-electron chi connectivity index (χ4n) is 3.02. The average Bonchev–Trinajstić information content (AvgIpc) is 3.04. The molecule has 19 heavy (non-hydrogen) atoms. The molecular formula is C13H22N2O4. The van der Waals surface area contributed by atoms with Gasteiger partial charge in [0.25, 0.3) is 0 Å². The predicted octanol–water partition coefficient (Wildman–Crippen LogP) is 0.110. The molecule has 108 valence electrons. The van der Waals surface area contributed by atoms with Gasteiger partial charge in [-0.1, -0.05) is 6.42 Å². The van der Waals surface area contributed by atoms with Crippen molar-refractivity contribution in [3.8, 4) is 0 Å². The lowest BCUT2D eigenvalue weighted by Crippen LogP contribution is -2.39. The number of amides is 1. The van der Waals surface area contributed by atoms with Gasteiger partial charge in [-0.25, -0.2) is 0 Å². The van der Waals surface area contributed by atoms with E-state index in [4.69, 9.17) is 15.6 Å². The van der Waals surface area contributed by atoms with Crippen molar-refractivity contribution in [2.75, 3.05) is 13.1 Å². The Kier molecular flexibility index (Phi) is 4.76. The summed E-state index contributed by atoms with van der Waals surface area (Å²) in [5, 5.41) is 11.9. The van der Waals surface area contributed by atoms with Gasteiger partial charge in [0.15, 0.2) is 0 Å². The largest absolute Gasteiger partial charge is 0.481 e. The monoisotopic (exact) mass is 270 g/mol. The van der Waals surface area contributed by atoms with E-state index in [1.165, 1.54) is 0 Å². The van der Waals surface area contributed by atoms with Crippen molar-refractivity contribution < 1.29 is 19.4 Å². The van der Waals surface area contributed by atoms with Crippen molar-refractivity contribution >= 4 is 11.9 Å². The molecule has 1 heterocycles. The molecule has 1 saturated carbocycles. The second-order valence-electron chi connectivity index (χ2n) is 5.44. The van der Waals surface area contributed by atoms with Crippen molar-refractivity contribution in [3.63, 3.8) is 0 Å². The first-order chi connectivity index (χ1) is 9.11. The number of carbonyl (C=O) groups excluding carboxylic acids is 1. The molecule has 4 N–H and O–H groups in total. The first-order valence-corrected chi connectivity index (χ1v) is 6.98. The quantitative estimate of drug-likeness (QED) is 0.658. The number of carboxylic acids is 1. The second kappa shape index (κ2) is 6.34. The maximum atomic E-state index is 11.9. The van der Waals surface area contributed by atoms with E-state index < -0.39 is 12.1 Å². The molecule has 1 aliphatic heterocycles. The Morgan fingerprint density at radius 2 is 2.05 bits per heavy atom. The zero-order valence-corrected chi connectivity index (χ0v) is 11.0. The van der Waals surface area contributed by atoms with Crippen LogP contribution in [0, 0.1) is 11.8 Å². The maximum Gasteiger partial charge on any atom is 0.306 e. The first kappa shape index (κ1) is 14.3. The molecule has 0 spiro atoms. The highest BCUT2D eigenvalue weighted by Crippen LogP contribution is 2.31. The number of nitrogens with one attached hydrogen (secondary N) is 1. The van der Waals surface area contributed by atoms with E-state index in [1.54, 1.807) is 0 Å². The van der Waals surface area contributed by atoms with E-state index in [2.05, 4.69) is 5.32 Å². The smallest absolute Gasteiger partial charge is 0.306 e. The predicted molar refractivity (Wildman–Crippen MR) is 68.4 cm³/mol. The highest BCUT2D eigenvalue weighted by molar-refractivity contribution is 5.81. The summed E-state index contributed by atoms with van der Waals surface area (Å²) in [6.45, 7) is 0.871. The van der Waals surface area contributed by atoms with E-state index >= 15 is 0 Å². The summed E-state index contributed by atoms with van der Waals surface area (Å²) >= 11 is 0.